The second-order valence-electron chi connectivity index (χ2n) is 7.10. The minimum Gasteiger partial charge on any atom is -0.449 e. The van der Waals surface area contributed by atoms with E-state index >= 15 is 0 Å². The zero-order valence-corrected chi connectivity index (χ0v) is 15.2. The van der Waals surface area contributed by atoms with Crippen LogP contribution in [-0.4, -0.2) is 32.3 Å². The Morgan fingerprint density at radius 1 is 1.00 bits per heavy atom. The summed E-state index contributed by atoms with van der Waals surface area (Å²) in [7, 11) is 0. The maximum Gasteiger partial charge on any atom is 0.414 e. The summed E-state index contributed by atoms with van der Waals surface area (Å²) in [6.07, 6.45) is 4.68. The zero-order chi connectivity index (χ0) is 17.8. The van der Waals surface area contributed by atoms with Crippen molar-refractivity contribution >= 4 is 11.8 Å². The molecule has 2 heterocycles. The number of nitrogens with zero attached hydrogens (tertiary/aromatic N) is 1. The number of amides is 1. The van der Waals surface area contributed by atoms with Gasteiger partial charge in [-0.15, -0.1) is 0 Å². The quantitative estimate of drug-likeness (QED) is 0.921. The molecule has 0 aromatic heterocycles. The second-order valence-corrected chi connectivity index (χ2v) is 7.10. The molecule has 2 aliphatic heterocycles. The third-order valence-corrected chi connectivity index (χ3v) is 5.34. The lowest BCUT2D eigenvalue weighted by Gasteiger charge is -2.30. The van der Waals surface area contributed by atoms with Crippen LogP contribution in [0.2, 0.25) is 0 Å². The fourth-order valence-corrected chi connectivity index (χ4v) is 3.93. The first-order valence-electron chi connectivity index (χ1n) is 9.65. The van der Waals surface area contributed by atoms with Crippen LogP contribution in [0.1, 0.15) is 28.7 Å². The van der Waals surface area contributed by atoms with Crippen molar-refractivity contribution in [2.45, 2.75) is 32.1 Å². The average molecular weight is 350 g/mol. The van der Waals surface area contributed by atoms with Crippen LogP contribution in [0.3, 0.4) is 0 Å². The first-order valence-corrected chi connectivity index (χ1v) is 9.65. The first kappa shape index (κ1) is 17.1. The van der Waals surface area contributed by atoms with E-state index in [-0.39, 0.29) is 6.09 Å². The van der Waals surface area contributed by atoms with Gasteiger partial charge < -0.3 is 10.1 Å². The van der Waals surface area contributed by atoms with E-state index in [1.807, 2.05) is 23.1 Å². The van der Waals surface area contributed by atoms with Gasteiger partial charge in [-0.3, -0.25) is 4.90 Å². The van der Waals surface area contributed by atoms with Crippen LogP contribution in [0.25, 0.3) is 0 Å². The number of fused-ring (bicyclic) bond motifs is 2. The molecule has 0 unspecified atom stereocenters. The zero-order valence-electron chi connectivity index (χ0n) is 15.2. The minimum absolute atomic E-state index is 0.214. The van der Waals surface area contributed by atoms with Crippen LogP contribution >= 0.6 is 0 Å². The molecule has 0 saturated heterocycles. The molecule has 1 amide bonds. The number of anilines is 1. The standard InChI is InChI=1S/C22H26N2O2/c25-22(26-14-10-17-5-2-1-3-6-17)24-13-4-7-20-15-18-8-11-23-12-9-19(18)16-21(20)24/h1-3,5-6,15-16,23H,4,7-14H2. The Kier molecular flexibility index (Phi) is 5.21. The highest BCUT2D eigenvalue weighted by molar-refractivity contribution is 5.89. The Morgan fingerprint density at radius 2 is 1.77 bits per heavy atom. The van der Waals surface area contributed by atoms with Gasteiger partial charge in [-0.2, -0.15) is 0 Å². The number of benzene rings is 2. The van der Waals surface area contributed by atoms with Crippen molar-refractivity contribution in [2.24, 2.45) is 0 Å². The highest BCUT2D eigenvalue weighted by Crippen LogP contribution is 2.31. The molecule has 0 atom stereocenters. The van der Waals surface area contributed by atoms with Crippen molar-refractivity contribution in [1.29, 1.82) is 0 Å². The molecule has 0 saturated carbocycles. The molecule has 26 heavy (non-hydrogen) atoms. The average Bonchev–Trinajstić information content (AvgIpc) is 2.91. The number of nitrogens with one attached hydrogen (secondary N) is 1. The summed E-state index contributed by atoms with van der Waals surface area (Å²) in [5.74, 6) is 0. The van der Waals surface area contributed by atoms with E-state index in [0.29, 0.717) is 6.61 Å². The molecule has 2 aliphatic rings. The highest BCUT2D eigenvalue weighted by atomic mass is 16.6. The minimum atomic E-state index is -0.214. The Labute approximate surface area is 155 Å². The Hall–Kier alpha value is -2.33. The van der Waals surface area contributed by atoms with Crippen LogP contribution in [0.15, 0.2) is 42.5 Å². The molecule has 0 bridgehead atoms. The lowest BCUT2D eigenvalue weighted by molar-refractivity contribution is 0.154. The Morgan fingerprint density at radius 3 is 2.58 bits per heavy atom. The summed E-state index contributed by atoms with van der Waals surface area (Å²) in [5.41, 5.74) is 6.35. The maximum absolute atomic E-state index is 12.7. The van der Waals surface area contributed by atoms with Gasteiger partial charge in [-0.25, -0.2) is 4.79 Å². The molecule has 0 radical (unpaired) electrons. The van der Waals surface area contributed by atoms with Crippen molar-refractivity contribution in [3.05, 3.63) is 64.7 Å². The monoisotopic (exact) mass is 350 g/mol. The molecule has 2 aromatic rings. The molecule has 0 spiro atoms. The molecular weight excluding hydrogens is 324 g/mol. The number of carbonyl (C=O) groups excluding carboxylic acids is 1. The van der Waals surface area contributed by atoms with E-state index < -0.39 is 0 Å². The fourth-order valence-electron chi connectivity index (χ4n) is 3.93. The van der Waals surface area contributed by atoms with Gasteiger partial charge in [-0.05, 0) is 67.1 Å². The topological polar surface area (TPSA) is 41.6 Å². The van der Waals surface area contributed by atoms with Gasteiger partial charge in [0.15, 0.2) is 0 Å². The van der Waals surface area contributed by atoms with Crippen LogP contribution in [0.5, 0.6) is 0 Å². The van der Waals surface area contributed by atoms with Crippen molar-refractivity contribution < 1.29 is 9.53 Å². The van der Waals surface area contributed by atoms with Crippen molar-refractivity contribution in [2.75, 3.05) is 31.1 Å². The summed E-state index contributed by atoms with van der Waals surface area (Å²) in [5, 5.41) is 3.46. The van der Waals surface area contributed by atoms with Gasteiger partial charge in [0.1, 0.15) is 0 Å². The predicted molar refractivity (Wildman–Crippen MR) is 104 cm³/mol. The molecular formula is C22H26N2O2. The van der Waals surface area contributed by atoms with E-state index in [2.05, 4.69) is 29.6 Å². The Balaban J connectivity index is 1.46. The van der Waals surface area contributed by atoms with E-state index in [9.17, 15) is 4.79 Å². The molecule has 0 aliphatic carbocycles. The van der Waals surface area contributed by atoms with Gasteiger partial charge in [0.25, 0.3) is 0 Å². The summed E-state index contributed by atoms with van der Waals surface area (Å²) in [6.45, 7) is 3.21. The second kappa shape index (κ2) is 7.92. The van der Waals surface area contributed by atoms with Crippen LogP contribution in [-0.2, 0) is 30.4 Å². The van der Waals surface area contributed by atoms with Gasteiger partial charge >= 0.3 is 6.09 Å². The molecule has 136 valence electrons. The number of carbonyl (C=O) groups is 1. The highest BCUT2D eigenvalue weighted by Gasteiger charge is 2.25. The summed E-state index contributed by atoms with van der Waals surface area (Å²) < 4.78 is 5.59. The Bertz CT molecular complexity index is 773. The van der Waals surface area contributed by atoms with Gasteiger partial charge in [0.2, 0.25) is 0 Å². The van der Waals surface area contributed by atoms with Gasteiger partial charge in [0.05, 0.1) is 12.3 Å². The van der Waals surface area contributed by atoms with E-state index in [1.54, 1.807) is 0 Å². The molecule has 1 N–H and O–H groups in total. The van der Waals surface area contributed by atoms with E-state index in [0.717, 1.165) is 57.4 Å². The number of aryl methyl sites for hydroxylation is 1. The molecule has 0 fully saturated rings. The maximum atomic E-state index is 12.7. The summed E-state index contributed by atoms with van der Waals surface area (Å²) >= 11 is 0. The SMILES string of the molecule is O=C(OCCc1ccccc1)N1CCCc2cc3c(cc21)CCNCC3. The lowest BCUT2D eigenvalue weighted by Crippen LogP contribution is -2.36. The number of rotatable bonds is 3. The first-order chi connectivity index (χ1) is 12.8. The third-order valence-electron chi connectivity index (χ3n) is 5.34. The molecule has 2 aromatic carbocycles. The predicted octanol–water partition coefficient (Wildman–Crippen LogP) is 3.51. The van der Waals surface area contributed by atoms with Crippen molar-refractivity contribution in [3.63, 3.8) is 0 Å². The van der Waals surface area contributed by atoms with Crippen LogP contribution < -0.4 is 10.2 Å². The largest absolute Gasteiger partial charge is 0.449 e. The summed E-state index contributed by atoms with van der Waals surface area (Å²) in [6, 6.07) is 14.7. The van der Waals surface area contributed by atoms with Crippen molar-refractivity contribution in [1.82, 2.24) is 5.32 Å². The van der Waals surface area contributed by atoms with E-state index in [1.165, 1.54) is 22.3 Å². The molecule has 4 nitrogen and oxygen atoms in total. The number of hydrogen-bond donors (Lipinski definition) is 1. The smallest absolute Gasteiger partial charge is 0.414 e. The van der Waals surface area contributed by atoms with Crippen molar-refractivity contribution in [3.8, 4) is 0 Å². The molecule has 4 heteroatoms. The number of ether oxygens (including phenoxy) is 1. The lowest BCUT2D eigenvalue weighted by atomic mass is 9.93. The normalized spacial score (nSPS) is 16.4. The fraction of sp³-hybridized carbons (Fsp3) is 0.409. The third kappa shape index (κ3) is 3.75. The van der Waals surface area contributed by atoms with Gasteiger partial charge in [-0.1, -0.05) is 36.4 Å². The van der Waals surface area contributed by atoms with Crippen LogP contribution in [0, 0.1) is 0 Å². The summed E-state index contributed by atoms with van der Waals surface area (Å²) in [4.78, 5) is 14.5. The molecule has 4 rings (SSSR count). The number of hydrogen-bond acceptors (Lipinski definition) is 3. The van der Waals surface area contributed by atoms with Gasteiger partial charge in [0, 0.05) is 13.0 Å². The van der Waals surface area contributed by atoms with Crippen LogP contribution in [0.4, 0.5) is 10.5 Å². The van der Waals surface area contributed by atoms with E-state index in [4.69, 9.17) is 4.74 Å².